The van der Waals surface area contributed by atoms with Gasteiger partial charge in [-0.3, -0.25) is 0 Å². The lowest BCUT2D eigenvalue weighted by atomic mass is 9.84. The molecule has 1 heterocycles. The van der Waals surface area contributed by atoms with Crippen LogP contribution in [0.4, 0.5) is 0 Å². The Balaban J connectivity index is 1.18. The lowest BCUT2D eigenvalue weighted by Gasteiger charge is -2.19. The van der Waals surface area contributed by atoms with Gasteiger partial charge in [0.2, 0.25) is 0 Å². The molecule has 10 aromatic carbocycles. The standard InChI is InChI=1S/C50H30S/c1-2-12-31(13-3-1)32-22-24-33(25-23-32)47-39-17-6-8-19-41(39)48(42-20-9-7-18-40(42)47)34-26-27-36-43-28-29-44-37-15-10-11-21-46(37)51-50(44)49(43)38-16-5-4-14-35(38)45(36)30-34/h1-30H. The third kappa shape index (κ3) is 4.26. The number of rotatable bonds is 3. The van der Waals surface area contributed by atoms with Gasteiger partial charge in [-0.05, 0) is 94.0 Å². The van der Waals surface area contributed by atoms with Crippen LogP contribution in [0.25, 0.3) is 107 Å². The molecular formula is C50H30S. The van der Waals surface area contributed by atoms with Gasteiger partial charge in [0.05, 0.1) is 0 Å². The summed E-state index contributed by atoms with van der Waals surface area (Å²) in [6, 6.07) is 67.3. The predicted molar refractivity (Wildman–Crippen MR) is 223 cm³/mol. The summed E-state index contributed by atoms with van der Waals surface area (Å²) in [6.45, 7) is 0. The summed E-state index contributed by atoms with van der Waals surface area (Å²) < 4.78 is 2.72. The van der Waals surface area contributed by atoms with E-state index in [4.69, 9.17) is 0 Å². The predicted octanol–water partition coefficient (Wildman–Crippen LogP) is 14.8. The molecule has 0 amide bonds. The van der Waals surface area contributed by atoms with Crippen molar-refractivity contribution in [2.45, 2.75) is 0 Å². The van der Waals surface area contributed by atoms with E-state index in [9.17, 15) is 0 Å². The summed E-state index contributed by atoms with van der Waals surface area (Å²) in [4.78, 5) is 0. The fraction of sp³-hybridized carbons (Fsp3) is 0. The molecule has 0 N–H and O–H groups in total. The first-order valence-electron chi connectivity index (χ1n) is 17.6. The van der Waals surface area contributed by atoms with Crippen molar-refractivity contribution in [2.24, 2.45) is 0 Å². The first-order chi connectivity index (χ1) is 25.3. The van der Waals surface area contributed by atoms with Crippen molar-refractivity contribution in [3.05, 3.63) is 182 Å². The molecule has 0 atom stereocenters. The molecule has 11 aromatic rings. The van der Waals surface area contributed by atoms with Crippen molar-refractivity contribution in [1.29, 1.82) is 0 Å². The number of hydrogen-bond acceptors (Lipinski definition) is 1. The molecule has 0 spiro atoms. The number of thiophene rings is 1. The summed E-state index contributed by atoms with van der Waals surface area (Å²) in [7, 11) is 0. The first-order valence-corrected chi connectivity index (χ1v) is 18.4. The van der Waals surface area contributed by atoms with Crippen LogP contribution in [-0.4, -0.2) is 0 Å². The average molecular weight is 663 g/mol. The Labute approximate surface area is 299 Å². The Morgan fingerprint density at radius 1 is 0.255 bits per heavy atom. The van der Waals surface area contributed by atoms with Crippen LogP contribution in [-0.2, 0) is 0 Å². The number of hydrogen-bond donors (Lipinski definition) is 0. The zero-order chi connectivity index (χ0) is 33.5. The lowest BCUT2D eigenvalue weighted by Crippen LogP contribution is -1.91. The van der Waals surface area contributed by atoms with Gasteiger partial charge < -0.3 is 0 Å². The van der Waals surface area contributed by atoms with E-state index in [1.54, 1.807) is 0 Å². The van der Waals surface area contributed by atoms with E-state index >= 15 is 0 Å². The molecule has 0 nitrogen and oxygen atoms in total. The van der Waals surface area contributed by atoms with E-state index in [1.807, 2.05) is 11.3 Å². The van der Waals surface area contributed by atoms with Gasteiger partial charge in [-0.15, -0.1) is 11.3 Å². The quantitative estimate of drug-likeness (QED) is 0.130. The molecule has 0 aliphatic rings. The van der Waals surface area contributed by atoms with E-state index in [0.717, 1.165) is 0 Å². The maximum absolute atomic E-state index is 2.45. The monoisotopic (exact) mass is 662 g/mol. The average Bonchev–Trinajstić information content (AvgIpc) is 3.59. The molecule has 0 unspecified atom stereocenters. The van der Waals surface area contributed by atoms with Crippen molar-refractivity contribution in [1.82, 2.24) is 0 Å². The van der Waals surface area contributed by atoms with E-state index in [2.05, 4.69) is 182 Å². The normalized spacial score (nSPS) is 11.9. The molecule has 0 aliphatic heterocycles. The minimum atomic E-state index is 1.23. The van der Waals surface area contributed by atoms with Crippen LogP contribution in [0.15, 0.2) is 182 Å². The topological polar surface area (TPSA) is 0 Å². The highest BCUT2D eigenvalue weighted by molar-refractivity contribution is 7.26. The maximum Gasteiger partial charge on any atom is 0.0440 e. The van der Waals surface area contributed by atoms with Crippen LogP contribution in [0.5, 0.6) is 0 Å². The summed E-state index contributed by atoms with van der Waals surface area (Å²) in [5.41, 5.74) is 7.52. The van der Waals surface area contributed by atoms with Crippen molar-refractivity contribution in [3.63, 3.8) is 0 Å². The smallest absolute Gasteiger partial charge is 0.0440 e. The third-order valence-electron chi connectivity index (χ3n) is 10.8. The highest BCUT2D eigenvalue weighted by Gasteiger charge is 2.19. The van der Waals surface area contributed by atoms with Gasteiger partial charge in [-0.1, -0.05) is 170 Å². The minimum Gasteiger partial charge on any atom is -0.135 e. The van der Waals surface area contributed by atoms with Gasteiger partial charge in [0.25, 0.3) is 0 Å². The molecule has 0 saturated carbocycles. The second-order valence-corrected chi connectivity index (χ2v) is 14.6. The summed E-state index contributed by atoms with van der Waals surface area (Å²) in [5.74, 6) is 0. The lowest BCUT2D eigenvalue weighted by molar-refractivity contribution is 1.61. The van der Waals surface area contributed by atoms with Crippen LogP contribution in [0.1, 0.15) is 0 Å². The zero-order valence-electron chi connectivity index (χ0n) is 27.7. The van der Waals surface area contributed by atoms with E-state index in [-0.39, 0.29) is 0 Å². The van der Waals surface area contributed by atoms with Crippen LogP contribution in [0.2, 0.25) is 0 Å². The Morgan fingerprint density at radius 2 is 0.686 bits per heavy atom. The van der Waals surface area contributed by atoms with Crippen LogP contribution in [0.3, 0.4) is 0 Å². The Bertz CT molecular complexity index is 3090. The molecular weight excluding hydrogens is 633 g/mol. The van der Waals surface area contributed by atoms with Crippen LogP contribution < -0.4 is 0 Å². The van der Waals surface area contributed by atoms with E-state index in [1.165, 1.54) is 107 Å². The summed E-state index contributed by atoms with van der Waals surface area (Å²) in [5, 5.41) is 15.7. The van der Waals surface area contributed by atoms with Gasteiger partial charge in [-0.25, -0.2) is 0 Å². The van der Waals surface area contributed by atoms with E-state index in [0.29, 0.717) is 0 Å². The molecule has 51 heavy (non-hydrogen) atoms. The summed E-state index contributed by atoms with van der Waals surface area (Å²) >= 11 is 1.92. The largest absolute Gasteiger partial charge is 0.135 e. The second-order valence-electron chi connectivity index (χ2n) is 13.6. The van der Waals surface area contributed by atoms with Gasteiger partial charge in [0.15, 0.2) is 0 Å². The SMILES string of the molecule is c1ccc(-c2ccc(-c3c4ccccc4c(-c4ccc5c(c4)c4ccccc4c4c5ccc5c6ccccc6sc54)c4ccccc34)cc2)cc1. The molecule has 0 radical (unpaired) electrons. The van der Waals surface area contributed by atoms with Crippen molar-refractivity contribution in [3.8, 4) is 33.4 Å². The molecule has 1 heteroatoms. The minimum absolute atomic E-state index is 1.23. The molecule has 0 aliphatic carbocycles. The fourth-order valence-electron chi connectivity index (χ4n) is 8.58. The maximum atomic E-state index is 2.45. The first kappa shape index (κ1) is 28.5. The summed E-state index contributed by atoms with van der Waals surface area (Å²) in [6.07, 6.45) is 0. The van der Waals surface area contributed by atoms with Gasteiger partial charge in [0, 0.05) is 25.6 Å². The van der Waals surface area contributed by atoms with E-state index < -0.39 is 0 Å². The van der Waals surface area contributed by atoms with Crippen molar-refractivity contribution < 1.29 is 0 Å². The second kappa shape index (κ2) is 11.1. The number of fused-ring (bicyclic) bond motifs is 12. The Morgan fingerprint density at radius 3 is 1.37 bits per heavy atom. The number of benzene rings is 10. The molecule has 0 bridgehead atoms. The van der Waals surface area contributed by atoms with Crippen LogP contribution >= 0.6 is 11.3 Å². The third-order valence-corrected chi connectivity index (χ3v) is 12.0. The van der Waals surface area contributed by atoms with Gasteiger partial charge >= 0.3 is 0 Å². The fourth-order valence-corrected chi connectivity index (χ4v) is 9.85. The van der Waals surface area contributed by atoms with Gasteiger partial charge in [-0.2, -0.15) is 0 Å². The molecule has 0 fully saturated rings. The van der Waals surface area contributed by atoms with Crippen molar-refractivity contribution >= 4 is 85.4 Å². The van der Waals surface area contributed by atoms with Crippen LogP contribution in [0, 0.1) is 0 Å². The molecule has 0 saturated heterocycles. The van der Waals surface area contributed by atoms with Gasteiger partial charge in [0.1, 0.15) is 0 Å². The molecule has 236 valence electrons. The molecule has 11 rings (SSSR count). The Kier molecular flexibility index (Phi) is 6.22. The molecule has 1 aromatic heterocycles. The zero-order valence-corrected chi connectivity index (χ0v) is 28.5. The van der Waals surface area contributed by atoms with Crippen molar-refractivity contribution in [2.75, 3.05) is 0 Å². The highest BCUT2D eigenvalue weighted by Crippen LogP contribution is 2.47. The Hall–Kier alpha value is -6.28. The highest BCUT2D eigenvalue weighted by atomic mass is 32.1.